The smallest absolute Gasteiger partial charge is 0.281 e. The molecule has 0 saturated heterocycles. The standard InChI is InChI=1S/C21H19N3O/c1-21(2,3)17-13-24-12-16(14-8-5-4-6-9-14)20(25)23-19(24)15-10-7-11-22-18(15)17/h4-13H,1-3H3. The molecule has 0 aliphatic heterocycles. The van der Waals surface area contributed by atoms with E-state index in [9.17, 15) is 4.79 Å². The summed E-state index contributed by atoms with van der Waals surface area (Å²) in [5.74, 6) is 0. The largest absolute Gasteiger partial charge is 0.307 e. The first-order valence-electron chi connectivity index (χ1n) is 8.32. The van der Waals surface area contributed by atoms with Gasteiger partial charge in [0.1, 0.15) is 5.65 Å². The Hall–Kier alpha value is -3.01. The van der Waals surface area contributed by atoms with Crippen molar-refractivity contribution in [3.8, 4) is 11.1 Å². The number of nitrogens with zero attached hydrogens (tertiary/aromatic N) is 3. The Morgan fingerprint density at radius 3 is 2.44 bits per heavy atom. The first-order chi connectivity index (χ1) is 11.9. The highest BCUT2D eigenvalue weighted by Gasteiger charge is 2.20. The third-order valence-electron chi connectivity index (χ3n) is 4.42. The minimum Gasteiger partial charge on any atom is -0.307 e. The Balaban J connectivity index is 2.13. The van der Waals surface area contributed by atoms with Crippen molar-refractivity contribution in [3.63, 3.8) is 0 Å². The fourth-order valence-electron chi connectivity index (χ4n) is 3.13. The van der Waals surface area contributed by atoms with E-state index >= 15 is 0 Å². The maximum atomic E-state index is 12.6. The van der Waals surface area contributed by atoms with Gasteiger partial charge < -0.3 is 4.40 Å². The van der Waals surface area contributed by atoms with Crippen molar-refractivity contribution in [3.05, 3.63) is 77.0 Å². The van der Waals surface area contributed by atoms with E-state index in [0.717, 1.165) is 22.0 Å². The zero-order valence-electron chi connectivity index (χ0n) is 14.5. The van der Waals surface area contributed by atoms with Crippen LogP contribution in [0.25, 0.3) is 27.7 Å². The lowest BCUT2D eigenvalue weighted by Gasteiger charge is -2.22. The van der Waals surface area contributed by atoms with Gasteiger partial charge in [-0.3, -0.25) is 9.78 Å². The van der Waals surface area contributed by atoms with E-state index in [1.165, 1.54) is 0 Å². The Labute approximate surface area is 145 Å². The van der Waals surface area contributed by atoms with E-state index in [1.807, 2.05) is 59.3 Å². The second-order valence-electron chi connectivity index (χ2n) is 7.25. The molecule has 0 aliphatic carbocycles. The van der Waals surface area contributed by atoms with Gasteiger partial charge in [0.25, 0.3) is 5.56 Å². The van der Waals surface area contributed by atoms with Crippen LogP contribution < -0.4 is 5.56 Å². The summed E-state index contributed by atoms with van der Waals surface area (Å²) in [7, 11) is 0. The van der Waals surface area contributed by atoms with Crippen molar-refractivity contribution >= 4 is 16.6 Å². The minimum atomic E-state index is -0.222. The van der Waals surface area contributed by atoms with Crippen molar-refractivity contribution in [2.75, 3.05) is 0 Å². The monoisotopic (exact) mass is 329 g/mol. The maximum absolute atomic E-state index is 12.6. The van der Waals surface area contributed by atoms with E-state index in [2.05, 4.69) is 30.7 Å². The van der Waals surface area contributed by atoms with Crippen LogP contribution in [0.15, 0.2) is 65.8 Å². The van der Waals surface area contributed by atoms with Crippen molar-refractivity contribution in [1.82, 2.24) is 14.4 Å². The van der Waals surface area contributed by atoms with Crippen LogP contribution in [0.4, 0.5) is 0 Å². The molecule has 3 aromatic heterocycles. The summed E-state index contributed by atoms with van der Waals surface area (Å²) in [5, 5.41) is 0.895. The molecule has 4 rings (SSSR count). The molecular weight excluding hydrogens is 310 g/mol. The molecule has 0 spiro atoms. The molecule has 0 radical (unpaired) electrons. The lowest BCUT2D eigenvalue weighted by atomic mass is 9.86. The van der Waals surface area contributed by atoms with Gasteiger partial charge in [0, 0.05) is 29.5 Å². The van der Waals surface area contributed by atoms with Crippen molar-refractivity contribution < 1.29 is 0 Å². The molecule has 0 unspecified atom stereocenters. The molecule has 0 amide bonds. The zero-order chi connectivity index (χ0) is 17.6. The van der Waals surface area contributed by atoms with Gasteiger partial charge in [0.15, 0.2) is 0 Å². The Bertz CT molecular complexity index is 1140. The summed E-state index contributed by atoms with van der Waals surface area (Å²) in [6.45, 7) is 6.49. The lowest BCUT2D eigenvalue weighted by molar-refractivity contribution is 0.591. The first-order valence-corrected chi connectivity index (χ1v) is 8.32. The van der Waals surface area contributed by atoms with Crippen LogP contribution in [0.1, 0.15) is 26.3 Å². The third-order valence-corrected chi connectivity index (χ3v) is 4.42. The number of benzene rings is 1. The summed E-state index contributed by atoms with van der Waals surface area (Å²) >= 11 is 0. The normalized spacial score (nSPS) is 12.0. The van der Waals surface area contributed by atoms with Crippen molar-refractivity contribution in [2.24, 2.45) is 0 Å². The number of aromatic nitrogens is 3. The zero-order valence-corrected chi connectivity index (χ0v) is 14.5. The molecule has 3 heterocycles. The first kappa shape index (κ1) is 15.5. The van der Waals surface area contributed by atoms with Crippen LogP contribution >= 0.6 is 0 Å². The summed E-state index contributed by atoms with van der Waals surface area (Å²) < 4.78 is 1.95. The average Bonchev–Trinajstić information content (AvgIpc) is 2.60. The van der Waals surface area contributed by atoms with Crippen LogP contribution in [-0.4, -0.2) is 14.4 Å². The van der Waals surface area contributed by atoms with Gasteiger partial charge in [-0.15, -0.1) is 0 Å². The van der Waals surface area contributed by atoms with Gasteiger partial charge in [0.2, 0.25) is 0 Å². The molecule has 0 N–H and O–H groups in total. The molecule has 25 heavy (non-hydrogen) atoms. The molecular formula is C21H19N3O. The number of pyridine rings is 2. The van der Waals surface area contributed by atoms with Gasteiger partial charge in [-0.1, -0.05) is 51.1 Å². The van der Waals surface area contributed by atoms with Crippen molar-refractivity contribution in [2.45, 2.75) is 26.2 Å². The van der Waals surface area contributed by atoms with Gasteiger partial charge in [-0.05, 0) is 23.1 Å². The molecule has 0 saturated carbocycles. The molecule has 4 aromatic rings. The van der Waals surface area contributed by atoms with Crippen LogP contribution in [0.2, 0.25) is 0 Å². The second kappa shape index (κ2) is 5.52. The van der Waals surface area contributed by atoms with Crippen LogP contribution in [0.3, 0.4) is 0 Å². The Morgan fingerprint density at radius 1 is 0.960 bits per heavy atom. The van der Waals surface area contributed by atoms with E-state index in [-0.39, 0.29) is 11.0 Å². The topological polar surface area (TPSA) is 47.3 Å². The highest BCUT2D eigenvalue weighted by molar-refractivity contribution is 5.94. The number of rotatable bonds is 1. The summed E-state index contributed by atoms with van der Waals surface area (Å²) in [6, 6.07) is 13.5. The summed E-state index contributed by atoms with van der Waals surface area (Å²) in [6.07, 6.45) is 5.70. The predicted octanol–water partition coefficient (Wildman–Crippen LogP) is 4.21. The van der Waals surface area contributed by atoms with E-state index in [1.54, 1.807) is 6.20 Å². The highest BCUT2D eigenvalue weighted by atomic mass is 16.1. The lowest BCUT2D eigenvalue weighted by Crippen LogP contribution is -2.17. The minimum absolute atomic E-state index is 0.0726. The quantitative estimate of drug-likeness (QED) is 0.492. The molecule has 4 nitrogen and oxygen atoms in total. The van der Waals surface area contributed by atoms with E-state index in [0.29, 0.717) is 11.2 Å². The van der Waals surface area contributed by atoms with Gasteiger partial charge in [-0.25, -0.2) is 0 Å². The SMILES string of the molecule is CC(C)(C)c1cn2cc(-c3ccccc3)c(=O)nc2c2cccnc12. The van der Waals surface area contributed by atoms with Crippen LogP contribution in [-0.2, 0) is 5.41 Å². The highest BCUT2D eigenvalue weighted by Crippen LogP contribution is 2.30. The summed E-state index contributed by atoms with van der Waals surface area (Å²) in [4.78, 5) is 21.5. The second-order valence-corrected chi connectivity index (χ2v) is 7.25. The molecule has 0 bridgehead atoms. The fourth-order valence-corrected chi connectivity index (χ4v) is 3.13. The third kappa shape index (κ3) is 2.60. The fraction of sp³-hybridized carbons (Fsp3) is 0.190. The van der Waals surface area contributed by atoms with Gasteiger partial charge in [0.05, 0.1) is 11.1 Å². The Morgan fingerprint density at radius 2 is 1.72 bits per heavy atom. The number of hydrogen-bond acceptors (Lipinski definition) is 3. The predicted molar refractivity (Wildman–Crippen MR) is 101 cm³/mol. The van der Waals surface area contributed by atoms with Crippen molar-refractivity contribution in [1.29, 1.82) is 0 Å². The van der Waals surface area contributed by atoms with Gasteiger partial charge >= 0.3 is 0 Å². The molecule has 1 aromatic carbocycles. The average molecular weight is 329 g/mol. The number of fused-ring (bicyclic) bond motifs is 3. The summed E-state index contributed by atoms with van der Waals surface area (Å²) in [5.41, 5.74) is 3.84. The Kier molecular flexibility index (Phi) is 3.42. The molecule has 0 fully saturated rings. The molecule has 4 heteroatoms. The maximum Gasteiger partial charge on any atom is 0.281 e. The van der Waals surface area contributed by atoms with E-state index in [4.69, 9.17) is 0 Å². The van der Waals surface area contributed by atoms with Crippen LogP contribution in [0.5, 0.6) is 0 Å². The molecule has 124 valence electrons. The van der Waals surface area contributed by atoms with E-state index < -0.39 is 0 Å². The number of hydrogen-bond donors (Lipinski definition) is 0. The molecule has 0 aliphatic rings. The van der Waals surface area contributed by atoms with Gasteiger partial charge in [-0.2, -0.15) is 4.98 Å². The van der Waals surface area contributed by atoms with Crippen LogP contribution in [0, 0.1) is 0 Å². The molecule has 0 atom stereocenters.